The van der Waals surface area contributed by atoms with Crippen molar-refractivity contribution in [2.24, 2.45) is 0 Å². The van der Waals surface area contributed by atoms with E-state index in [4.69, 9.17) is 33.2 Å². The number of methoxy groups -OCH3 is 1. The molecule has 198 valence electrons. The van der Waals surface area contributed by atoms with Crippen molar-refractivity contribution in [3.05, 3.63) is 0 Å². The average Bonchev–Trinajstić information content (AvgIpc) is 2.74. The Morgan fingerprint density at radius 2 is 1.35 bits per heavy atom. The molecule has 0 spiro atoms. The topological polar surface area (TPSA) is 145 Å². The molecule has 2 unspecified atom stereocenters. The van der Waals surface area contributed by atoms with Crippen LogP contribution in [0, 0.1) is 0 Å². The van der Waals surface area contributed by atoms with Crippen LogP contribution in [0.3, 0.4) is 0 Å². The fraction of sp³-hybridized carbons (Fsp3) is 0.818. The highest BCUT2D eigenvalue weighted by molar-refractivity contribution is 5.73. The summed E-state index contributed by atoms with van der Waals surface area (Å²) in [6.45, 7) is 8.58. The van der Waals surface area contributed by atoms with Gasteiger partial charge < -0.3 is 38.5 Å². The number of amides is 1. The van der Waals surface area contributed by atoms with E-state index in [1.54, 1.807) is 0 Å². The monoisotopic (exact) mass is 493 g/mol. The van der Waals surface area contributed by atoms with Gasteiger partial charge in [0.15, 0.2) is 12.4 Å². The van der Waals surface area contributed by atoms with E-state index >= 15 is 0 Å². The lowest BCUT2D eigenvalue weighted by Gasteiger charge is -2.36. The molecule has 0 saturated carbocycles. The largest absolute Gasteiger partial charge is 0.466 e. The van der Waals surface area contributed by atoms with Gasteiger partial charge in [-0.2, -0.15) is 0 Å². The molecule has 0 saturated heterocycles. The maximum atomic E-state index is 11.9. The fourth-order valence-electron chi connectivity index (χ4n) is 2.94. The summed E-state index contributed by atoms with van der Waals surface area (Å²) < 4.78 is 37.6. The van der Waals surface area contributed by atoms with Crippen molar-refractivity contribution < 1.29 is 52.3 Å². The van der Waals surface area contributed by atoms with Crippen LogP contribution in [-0.4, -0.2) is 95.1 Å². The number of nitrogens with one attached hydrogen (secondary N) is 1. The Hall–Kier alpha value is -2.28. The summed E-state index contributed by atoms with van der Waals surface area (Å²) in [5, 5.41) is 2.64. The highest BCUT2D eigenvalue weighted by Gasteiger charge is 2.40. The molecule has 0 aromatic rings. The Kier molecular flexibility index (Phi) is 17.8. The first-order chi connectivity index (χ1) is 16.1. The molecular formula is C22H39NO11. The Balaban J connectivity index is 5.44. The van der Waals surface area contributed by atoms with Gasteiger partial charge >= 0.3 is 17.9 Å². The minimum Gasteiger partial charge on any atom is -0.466 e. The van der Waals surface area contributed by atoms with Crippen LogP contribution in [0.25, 0.3) is 0 Å². The van der Waals surface area contributed by atoms with E-state index in [-0.39, 0.29) is 26.2 Å². The molecule has 0 aliphatic heterocycles. The number of hydrogen-bond donors (Lipinski definition) is 1. The Morgan fingerprint density at radius 3 is 1.85 bits per heavy atom. The third kappa shape index (κ3) is 15.5. The van der Waals surface area contributed by atoms with Crippen LogP contribution in [0.15, 0.2) is 0 Å². The van der Waals surface area contributed by atoms with Crippen molar-refractivity contribution in [2.45, 2.75) is 72.0 Å². The van der Waals surface area contributed by atoms with E-state index in [9.17, 15) is 19.2 Å². The molecule has 12 heteroatoms. The Bertz CT molecular complexity index is 614. The van der Waals surface area contributed by atoms with E-state index in [0.29, 0.717) is 19.8 Å². The van der Waals surface area contributed by atoms with Gasteiger partial charge in [-0.3, -0.25) is 19.2 Å². The predicted octanol–water partition coefficient (Wildman–Crippen LogP) is 0.740. The number of esters is 3. The minimum atomic E-state index is -1.20. The van der Waals surface area contributed by atoms with Gasteiger partial charge in [0.2, 0.25) is 5.91 Å². The third-order valence-corrected chi connectivity index (χ3v) is 4.17. The molecular weight excluding hydrogens is 454 g/mol. The summed E-state index contributed by atoms with van der Waals surface area (Å²) >= 11 is 0. The molecule has 0 heterocycles. The highest BCUT2D eigenvalue weighted by atomic mass is 16.7. The zero-order valence-corrected chi connectivity index (χ0v) is 21.0. The Labute approximate surface area is 200 Å². The standard InChI is InChI=1S/C22H39NO11/c1-7-9-29-11-12-30-13-14-32-22(28-6)20(23-15(2)24)21(34-18(5)27)19(33-17(4)26)8-10-31-16(3)25/h19-22H,7-14H2,1-6H3,(H,23,24)/t19-,20?,21?,22-/m0/s1. The summed E-state index contributed by atoms with van der Waals surface area (Å²) in [6.07, 6.45) is -2.42. The normalized spacial score (nSPS) is 14.4. The number of ether oxygens (including phenoxy) is 7. The quantitative estimate of drug-likeness (QED) is 0.118. The van der Waals surface area contributed by atoms with Crippen LogP contribution in [0.1, 0.15) is 47.5 Å². The highest BCUT2D eigenvalue weighted by Crippen LogP contribution is 2.19. The van der Waals surface area contributed by atoms with E-state index in [0.717, 1.165) is 6.42 Å². The summed E-state index contributed by atoms with van der Waals surface area (Å²) in [4.78, 5) is 46.7. The molecule has 0 bridgehead atoms. The second-order valence-corrected chi connectivity index (χ2v) is 7.28. The van der Waals surface area contributed by atoms with E-state index in [2.05, 4.69) is 5.32 Å². The Morgan fingerprint density at radius 1 is 0.765 bits per heavy atom. The van der Waals surface area contributed by atoms with E-state index in [1.165, 1.54) is 34.8 Å². The van der Waals surface area contributed by atoms with Crippen LogP contribution >= 0.6 is 0 Å². The SMILES string of the molecule is CCCOCCOCCO[C@H](OC)C(NC(C)=O)C(OC(C)=O)[C@H](CCOC(C)=O)OC(C)=O. The predicted molar refractivity (Wildman–Crippen MR) is 119 cm³/mol. The molecule has 0 rings (SSSR count). The number of hydrogen-bond acceptors (Lipinski definition) is 11. The first-order valence-corrected chi connectivity index (χ1v) is 11.2. The molecule has 34 heavy (non-hydrogen) atoms. The maximum Gasteiger partial charge on any atom is 0.303 e. The molecule has 0 aliphatic rings. The van der Waals surface area contributed by atoms with Crippen molar-refractivity contribution >= 4 is 23.8 Å². The van der Waals surface area contributed by atoms with Crippen molar-refractivity contribution in [3.8, 4) is 0 Å². The molecule has 1 amide bonds. The molecule has 0 radical (unpaired) electrons. The van der Waals surface area contributed by atoms with Crippen LogP contribution < -0.4 is 5.32 Å². The lowest BCUT2D eigenvalue weighted by molar-refractivity contribution is -0.198. The van der Waals surface area contributed by atoms with Gasteiger partial charge in [-0.05, 0) is 6.42 Å². The zero-order valence-electron chi connectivity index (χ0n) is 21.0. The summed E-state index contributed by atoms with van der Waals surface area (Å²) in [7, 11) is 1.35. The van der Waals surface area contributed by atoms with Crippen LogP contribution in [0.2, 0.25) is 0 Å². The maximum absolute atomic E-state index is 11.9. The molecule has 0 fully saturated rings. The smallest absolute Gasteiger partial charge is 0.303 e. The van der Waals surface area contributed by atoms with Crippen molar-refractivity contribution in [1.82, 2.24) is 5.32 Å². The first-order valence-electron chi connectivity index (χ1n) is 11.2. The van der Waals surface area contributed by atoms with Crippen LogP contribution in [-0.2, 0) is 52.3 Å². The van der Waals surface area contributed by atoms with Gasteiger partial charge in [0.1, 0.15) is 12.1 Å². The number of rotatable bonds is 19. The molecule has 0 aromatic heterocycles. The lowest BCUT2D eigenvalue weighted by Crippen LogP contribution is -2.58. The fourth-order valence-corrected chi connectivity index (χ4v) is 2.94. The first kappa shape index (κ1) is 31.7. The van der Waals surface area contributed by atoms with Crippen molar-refractivity contribution in [2.75, 3.05) is 46.8 Å². The van der Waals surface area contributed by atoms with Crippen molar-refractivity contribution in [1.29, 1.82) is 0 Å². The molecule has 1 N–H and O–H groups in total. The molecule has 0 aliphatic carbocycles. The van der Waals surface area contributed by atoms with Gasteiger partial charge in [0, 0.05) is 47.8 Å². The van der Waals surface area contributed by atoms with Crippen LogP contribution in [0.5, 0.6) is 0 Å². The van der Waals surface area contributed by atoms with Gasteiger partial charge in [-0.15, -0.1) is 0 Å². The average molecular weight is 494 g/mol. The third-order valence-electron chi connectivity index (χ3n) is 4.17. The second kappa shape index (κ2) is 19.1. The summed E-state index contributed by atoms with van der Waals surface area (Å²) in [6, 6.07) is -1.05. The van der Waals surface area contributed by atoms with Crippen molar-refractivity contribution in [3.63, 3.8) is 0 Å². The van der Waals surface area contributed by atoms with E-state index < -0.39 is 48.4 Å². The lowest BCUT2D eigenvalue weighted by atomic mass is 10.0. The zero-order chi connectivity index (χ0) is 25.9. The molecule has 12 nitrogen and oxygen atoms in total. The van der Waals surface area contributed by atoms with E-state index in [1.807, 2.05) is 6.92 Å². The van der Waals surface area contributed by atoms with Gasteiger partial charge in [0.05, 0.1) is 33.0 Å². The van der Waals surface area contributed by atoms with Gasteiger partial charge in [0.25, 0.3) is 0 Å². The van der Waals surface area contributed by atoms with Gasteiger partial charge in [-0.25, -0.2) is 0 Å². The molecule has 4 atom stereocenters. The second-order valence-electron chi connectivity index (χ2n) is 7.28. The molecule has 0 aromatic carbocycles. The minimum absolute atomic E-state index is 0.00446. The number of carbonyl (C=O) groups excluding carboxylic acids is 4. The van der Waals surface area contributed by atoms with Gasteiger partial charge in [-0.1, -0.05) is 6.92 Å². The summed E-state index contributed by atoms with van der Waals surface area (Å²) in [5.74, 6) is -2.32. The van der Waals surface area contributed by atoms with Crippen LogP contribution in [0.4, 0.5) is 0 Å². The number of carbonyl (C=O) groups is 4. The summed E-state index contributed by atoms with van der Waals surface area (Å²) in [5.41, 5.74) is 0.